The fourth-order valence-electron chi connectivity index (χ4n) is 2.64. The van der Waals surface area contributed by atoms with E-state index in [0.717, 1.165) is 6.42 Å². The summed E-state index contributed by atoms with van der Waals surface area (Å²) in [7, 11) is 0. The second-order valence-corrected chi connectivity index (χ2v) is 8.47. The summed E-state index contributed by atoms with van der Waals surface area (Å²) >= 11 is 1.17. The summed E-state index contributed by atoms with van der Waals surface area (Å²) in [4.78, 5) is 0. The Morgan fingerprint density at radius 1 is 1.04 bits per heavy atom. The third-order valence-corrected chi connectivity index (χ3v) is 4.98. The number of fused-ring (bicyclic) bond motifs is 1. The van der Waals surface area contributed by atoms with Gasteiger partial charge < -0.3 is 0 Å². The number of allylic oxidation sites excluding steroid dienone is 4. The predicted octanol–water partition coefficient (Wildman–Crippen LogP) is 6.21. The number of hydrogen-bond acceptors (Lipinski definition) is 0. The quantitative estimate of drug-likeness (QED) is 0.299. The van der Waals surface area contributed by atoms with Gasteiger partial charge in [-0.1, -0.05) is 25.7 Å². The Kier molecular flexibility index (Phi) is 14.2. The Morgan fingerprint density at radius 3 is 2.24 bits per heavy atom. The molecule has 0 spiro atoms. The molecule has 0 N–H and O–H groups in total. The van der Waals surface area contributed by atoms with Gasteiger partial charge in [0.2, 0.25) is 0 Å². The van der Waals surface area contributed by atoms with E-state index >= 15 is 0 Å². The summed E-state index contributed by atoms with van der Waals surface area (Å²) in [6, 6.07) is 17.2. The van der Waals surface area contributed by atoms with E-state index < -0.39 is 0 Å². The van der Waals surface area contributed by atoms with Crippen LogP contribution < -0.4 is 0 Å². The molecule has 0 heterocycles. The number of hydrogen-bond donors (Lipinski definition) is 0. The molecule has 25 heavy (non-hydrogen) atoms. The van der Waals surface area contributed by atoms with Gasteiger partial charge in [0.25, 0.3) is 0 Å². The first-order chi connectivity index (χ1) is 11.3. The van der Waals surface area contributed by atoms with Gasteiger partial charge in [0, 0.05) is 0 Å². The zero-order valence-electron chi connectivity index (χ0n) is 14.7. The molecule has 0 aromatic heterocycles. The van der Waals surface area contributed by atoms with Crippen LogP contribution in [0.4, 0.5) is 0 Å². The maximum atomic E-state index is 2.99. The fourth-order valence-corrected chi connectivity index (χ4v) is 3.24. The first kappa shape index (κ1) is 24.4. The van der Waals surface area contributed by atoms with Gasteiger partial charge in [-0.2, -0.15) is 29.3 Å². The Bertz CT molecular complexity index is 623. The molecule has 0 saturated carbocycles. The molecular weight excluding hydrogens is 514 g/mol. The molecule has 2 aromatic rings. The summed E-state index contributed by atoms with van der Waals surface area (Å²) in [5.74, 6) is 0. The van der Waals surface area contributed by atoms with E-state index in [9.17, 15) is 0 Å². The van der Waals surface area contributed by atoms with Crippen LogP contribution in [0.25, 0.3) is 0 Å². The van der Waals surface area contributed by atoms with Gasteiger partial charge in [0.05, 0.1) is 0 Å². The molecule has 2 aliphatic rings. The SMILES string of the molecule is C[C](=[Hf+2])c1ccccc1.Cl.Cl.[C-]1=CC=CC1.c1cc2c([cH-]1)CCCC2. The Labute approximate surface area is 179 Å². The van der Waals surface area contributed by atoms with E-state index in [1.165, 1.54) is 58.4 Å². The van der Waals surface area contributed by atoms with Crippen molar-refractivity contribution < 1.29 is 23.9 Å². The van der Waals surface area contributed by atoms with Crippen LogP contribution in [0.1, 0.15) is 42.9 Å². The Morgan fingerprint density at radius 2 is 1.76 bits per heavy atom. The van der Waals surface area contributed by atoms with Gasteiger partial charge in [0.15, 0.2) is 0 Å². The number of halogens is 2. The van der Waals surface area contributed by atoms with Gasteiger partial charge in [0.1, 0.15) is 0 Å². The number of aryl methyl sites for hydroxylation is 2. The molecule has 3 heteroatoms. The molecule has 0 fully saturated rings. The molecule has 0 nitrogen and oxygen atoms in total. The molecule has 2 aliphatic carbocycles. The van der Waals surface area contributed by atoms with Crippen molar-refractivity contribution in [3.63, 3.8) is 0 Å². The van der Waals surface area contributed by atoms with Crippen molar-refractivity contribution in [3.05, 3.63) is 89.5 Å². The summed E-state index contributed by atoms with van der Waals surface area (Å²) < 4.78 is 1.51. The summed E-state index contributed by atoms with van der Waals surface area (Å²) in [6.07, 6.45) is 15.4. The van der Waals surface area contributed by atoms with Crippen molar-refractivity contribution >= 4 is 28.1 Å². The van der Waals surface area contributed by atoms with E-state index in [1.54, 1.807) is 11.1 Å². The average Bonchev–Trinajstić information content (AvgIpc) is 3.30. The first-order valence-electron chi connectivity index (χ1n) is 8.33. The van der Waals surface area contributed by atoms with Gasteiger partial charge in [-0.3, -0.25) is 6.08 Å². The van der Waals surface area contributed by atoms with E-state index in [1.807, 2.05) is 18.2 Å². The van der Waals surface area contributed by atoms with Crippen molar-refractivity contribution in [2.24, 2.45) is 0 Å². The monoisotopic (exact) mass is 540 g/mol. The van der Waals surface area contributed by atoms with Crippen molar-refractivity contribution in [2.75, 3.05) is 0 Å². The standard InChI is InChI=1S/C9H11.C8H8.C5H5.2ClH.Hf/c1-2-5-9-7-3-6-8(9)4-1;1-2-8-6-4-3-5-7-8;1-2-4-5-3-1;;;/h3,6-7H,1-2,4-5H2;3-7H,1H3;1-3H,4H2;2*1H;/q-1;;-1;;;+2. The predicted molar refractivity (Wildman–Crippen MR) is 111 cm³/mol. The molecule has 0 saturated heterocycles. The first-order valence-corrected chi connectivity index (χ1v) is 10.1. The maximum Gasteiger partial charge on any atom is -0.0512 e. The van der Waals surface area contributed by atoms with Crippen LogP contribution in [-0.2, 0) is 36.7 Å². The van der Waals surface area contributed by atoms with Crippen LogP contribution >= 0.6 is 24.8 Å². The topological polar surface area (TPSA) is 0 Å². The third-order valence-electron chi connectivity index (χ3n) is 3.94. The van der Waals surface area contributed by atoms with Crippen molar-refractivity contribution in [3.8, 4) is 0 Å². The molecule has 132 valence electrons. The summed E-state index contributed by atoms with van der Waals surface area (Å²) in [6.45, 7) is 2.18. The fraction of sp³-hybridized carbons (Fsp3) is 0.273. The minimum Gasteiger partial charge on any atom is -0.273 e. The van der Waals surface area contributed by atoms with Crippen LogP contribution in [0, 0.1) is 6.08 Å². The van der Waals surface area contributed by atoms with Crippen LogP contribution in [-0.4, -0.2) is 3.26 Å². The Balaban J connectivity index is 0.000000345. The third kappa shape index (κ3) is 9.58. The summed E-state index contributed by atoms with van der Waals surface area (Å²) in [5.41, 5.74) is 4.59. The minimum absolute atomic E-state index is 0. The number of rotatable bonds is 1. The van der Waals surface area contributed by atoms with Gasteiger partial charge in [-0.05, 0) is 0 Å². The van der Waals surface area contributed by atoms with E-state index in [0.29, 0.717) is 0 Å². The van der Waals surface area contributed by atoms with Crippen molar-refractivity contribution in [1.82, 2.24) is 0 Å². The van der Waals surface area contributed by atoms with Crippen LogP contribution in [0.5, 0.6) is 0 Å². The largest absolute Gasteiger partial charge is 0.273 e. The molecule has 2 aromatic carbocycles. The summed E-state index contributed by atoms with van der Waals surface area (Å²) in [5, 5.41) is 0. The zero-order chi connectivity index (χ0) is 16.3. The van der Waals surface area contributed by atoms with Crippen molar-refractivity contribution in [1.29, 1.82) is 0 Å². The zero-order valence-corrected chi connectivity index (χ0v) is 19.9. The van der Waals surface area contributed by atoms with Gasteiger partial charge in [-0.25, -0.2) is 18.2 Å². The molecular formula is C22H26Cl2Hf. The van der Waals surface area contributed by atoms with Gasteiger partial charge in [-0.15, -0.1) is 31.2 Å². The number of benzene rings is 1. The van der Waals surface area contributed by atoms with E-state index in [-0.39, 0.29) is 24.8 Å². The molecule has 0 bridgehead atoms. The average molecular weight is 540 g/mol. The smallest absolute Gasteiger partial charge is 0.0512 e. The van der Waals surface area contributed by atoms with Crippen LogP contribution in [0.2, 0.25) is 0 Å². The van der Waals surface area contributed by atoms with Crippen molar-refractivity contribution in [2.45, 2.75) is 39.0 Å². The molecule has 0 aliphatic heterocycles. The van der Waals surface area contributed by atoms with E-state index in [4.69, 9.17) is 0 Å². The molecule has 0 radical (unpaired) electrons. The molecule has 4 rings (SSSR count). The maximum absolute atomic E-state index is 2.99. The Hall–Kier alpha value is -0.630. The second kappa shape index (κ2) is 14.5. The molecule has 0 unspecified atom stereocenters. The normalized spacial score (nSPS) is 13.1. The minimum atomic E-state index is 0. The molecule has 0 atom stereocenters. The second-order valence-electron chi connectivity index (χ2n) is 5.78. The van der Waals surface area contributed by atoms with Crippen LogP contribution in [0.15, 0.2) is 66.8 Å². The van der Waals surface area contributed by atoms with Crippen LogP contribution in [0.3, 0.4) is 0 Å². The van der Waals surface area contributed by atoms with E-state index in [2.05, 4.69) is 61.5 Å². The van der Waals surface area contributed by atoms with Gasteiger partial charge >= 0.3 is 70.0 Å². The molecule has 0 amide bonds.